The third-order valence-electron chi connectivity index (χ3n) is 2.22. The lowest BCUT2D eigenvalue weighted by molar-refractivity contribution is 0.414. The highest BCUT2D eigenvalue weighted by molar-refractivity contribution is 5.85. The van der Waals surface area contributed by atoms with Gasteiger partial charge in [-0.25, -0.2) is 0 Å². The number of terminal acetylenes is 1. The third-order valence-corrected chi connectivity index (χ3v) is 2.22. The summed E-state index contributed by atoms with van der Waals surface area (Å²) in [7, 11) is 1.63. The minimum Gasteiger partial charge on any atom is -0.495 e. The summed E-state index contributed by atoms with van der Waals surface area (Å²) in [5.74, 6) is 3.37. The molecule has 0 radical (unpaired) electrons. The van der Waals surface area contributed by atoms with Crippen molar-refractivity contribution in [2.24, 2.45) is 0 Å². The van der Waals surface area contributed by atoms with Crippen molar-refractivity contribution in [3.63, 3.8) is 0 Å². The molecule has 0 amide bonds. The Morgan fingerprint density at radius 1 is 1.14 bits per heavy atom. The summed E-state index contributed by atoms with van der Waals surface area (Å²) in [6.45, 7) is 0. The number of fused-ring (bicyclic) bond motifs is 1. The molecule has 0 N–H and O–H groups in total. The highest BCUT2D eigenvalue weighted by Gasteiger charge is 2.01. The number of benzene rings is 2. The van der Waals surface area contributed by atoms with E-state index in [-0.39, 0.29) is 0 Å². The molecule has 0 heterocycles. The topological polar surface area (TPSA) is 9.23 Å². The Labute approximate surface area is 83.3 Å². The van der Waals surface area contributed by atoms with Crippen molar-refractivity contribution in [1.82, 2.24) is 0 Å². The SMILES string of the molecule is C#Cc1cc2ccccc2cc1OC. The lowest BCUT2D eigenvalue weighted by Gasteiger charge is -2.05. The standard InChI is InChI=1S/C13H10O/c1-3-10-8-11-6-4-5-7-12(11)9-13(10)14-2/h1,4-9H,2H3. The molecule has 68 valence electrons. The van der Waals surface area contributed by atoms with Crippen LogP contribution in [0.5, 0.6) is 5.75 Å². The fraction of sp³-hybridized carbons (Fsp3) is 0.0769. The van der Waals surface area contributed by atoms with E-state index < -0.39 is 0 Å². The third kappa shape index (κ3) is 1.31. The minimum atomic E-state index is 0.756. The second-order valence-electron chi connectivity index (χ2n) is 3.04. The van der Waals surface area contributed by atoms with Crippen LogP contribution in [0, 0.1) is 12.3 Å². The Kier molecular flexibility index (Phi) is 2.12. The molecule has 0 saturated carbocycles. The van der Waals surface area contributed by atoms with Crippen molar-refractivity contribution < 1.29 is 4.74 Å². The molecule has 14 heavy (non-hydrogen) atoms. The van der Waals surface area contributed by atoms with E-state index in [1.165, 1.54) is 0 Å². The largest absolute Gasteiger partial charge is 0.495 e. The smallest absolute Gasteiger partial charge is 0.135 e. The number of ether oxygens (including phenoxy) is 1. The van der Waals surface area contributed by atoms with Gasteiger partial charge in [0.15, 0.2) is 0 Å². The maximum absolute atomic E-state index is 5.39. The van der Waals surface area contributed by atoms with Crippen molar-refractivity contribution in [1.29, 1.82) is 0 Å². The number of rotatable bonds is 1. The van der Waals surface area contributed by atoms with E-state index in [9.17, 15) is 0 Å². The van der Waals surface area contributed by atoms with Gasteiger partial charge in [-0.3, -0.25) is 0 Å². The zero-order valence-electron chi connectivity index (χ0n) is 7.95. The van der Waals surface area contributed by atoms with Crippen LogP contribution in [-0.4, -0.2) is 7.11 Å². The first kappa shape index (κ1) is 8.65. The van der Waals surface area contributed by atoms with Crippen LogP contribution in [0.2, 0.25) is 0 Å². The van der Waals surface area contributed by atoms with Gasteiger partial charge in [0.1, 0.15) is 5.75 Å². The van der Waals surface area contributed by atoms with E-state index in [2.05, 4.69) is 5.92 Å². The van der Waals surface area contributed by atoms with Gasteiger partial charge in [-0.05, 0) is 22.9 Å². The summed E-state index contributed by atoms with van der Waals surface area (Å²) < 4.78 is 5.20. The minimum absolute atomic E-state index is 0.756. The number of methoxy groups -OCH3 is 1. The zero-order valence-corrected chi connectivity index (χ0v) is 7.95. The van der Waals surface area contributed by atoms with Crippen LogP contribution in [0.4, 0.5) is 0 Å². The van der Waals surface area contributed by atoms with E-state index >= 15 is 0 Å². The monoisotopic (exact) mass is 182 g/mol. The molecule has 0 aliphatic heterocycles. The van der Waals surface area contributed by atoms with E-state index in [1.807, 2.05) is 36.4 Å². The summed E-state index contributed by atoms with van der Waals surface area (Å²) >= 11 is 0. The molecule has 2 rings (SSSR count). The first-order valence-electron chi connectivity index (χ1n) is 4.38. The average Bonchev–Trinajstić information content (AvgIpc) is 2.27. The second kappa shape index (κ2) is 3.43. The zero-order chi connectivity index (χ0) is 9.97. The predicted octanol–water partition coefficient (Wildman–Crippen LogP) is 2.83. The summed E-state index contributed by atoms with van der Waals surface area (Å²) in [6, 6.07) is 12.0. The van der Waals surface area contributed by atoms with Gasteiger partial charge in [-0.2, -0.15) is 0 Å². The van der Waals surface area contributed by atoms with Gasteiger partial charge >= 0.3 is 0 Å². The van der Waals surface area contributed by atoms with Gasteiger partial charge in [0, 0.05) is 0 Å². The van der Waals surface area contributed by atoms with Gasteiger partial charge in [-0.15, -0.1) is 6.42 Å². The highest BCUT2D eigenvalue weighted by atomic mass is 16.5. The Bertz CT molecular complexity index is 506. The van der Waals surface area contributed by atoms with Crippen LogP contribution in [0.1, 0.15) is 5.56 Å². The van der Waals surface area contributed by atoms with Crippen LogP contribution < -0.4 is 4.74 Å². The summed E-state index contributed by atoms with van der Waals surface area (Å²) in [6.07, 6.45) is 5.39. The van der Waals surface area contributed by atoms with E-state index in [1.54, 1.807) is 7.11 Å². The molecule has 0 saturated heterocycles. The fourth-order valence-electron chi connectivity index (χ4n) is 1.50. The van der Waals surface area contributed by atoms with Gasteiger partial charge in [0.2, 0.25) is 0 Å². The predicted molar refractivity (Wildman–Crippen MR) is 58.4 cm³/mol. The Morgan fingerprint density at radius 3 is 2.36 bits per heavy atom. The van der Waals surface area contributed by atoms with Gasteiger partial charge < -0.3 is 4.74 Å². The molecule has 0 aliphatic rings. The van der Waals surface area contributed by atoms with Crippen LogP contribution in [-0.2, 0) is 0 Å². The molecule has 0 unspecified atom stereocenters. The molecule has 0 aromatic heterocycles. The normalized spacial score (nSPS) is 9.71. The lowest BCUT2D eigenvalue weighted by Crippen LogP contribution is -1.87. The maximum Gasteiger partial charge on any atom is 0.135 e. The second-order valence-corrected chi connectivity index (χ2v) is 3.04. The molecule has 1 nitrogen and oxygen atoms in total. The summed E-state index contributed by atoms with van der Waals surface area (Å²) in [4.78, 5) is 0. The van der Waals surface area contributed by atoms with Gasteiger partial charge in [0.25, 0.3) is 0 Å². The molecule has 0 bridgehead atoms. The molecule has 0 atom stereocenters. The Balaban J connectivity index is 2.77. The molecule has 2 aromatic carbocycles. The quantitative estimate of drug-likeness (QED) is 0.616. The lowest BCUT2D eigenvalue weighted by atomic mass is 10.1. The van der Waals surface area contributed by atoms with E-state index in [4.69, 9.17) is 11.2 Å². The van der Waals surface area contributed by atoms with Crippen LogP contribution in [0.25, 0.3) is 10.8 Å². The Morgan fingerprint density at radius 2 is 1.79 bits per heavy atom. The summed E-state index contributed by atoms with van der Waals surface area (Å²) in [5, 5.41) is 2.28. The van der Waals surface area contributed by atoms with Gasteiger partial charge in [-0.1, -0.05) is 30.2 Å². The molecule has 1 heteroatoms. The van der Waals surface area contributed by atoms with E-state index in [0.29, 0.717) is 0 Å². The first-order chi connectivity index (χ1) is 6.85. The molecule has 0 fully saturated rings. The van der Waals surface area contributed by atoms with Crippen molar-refractivity contribution in [2.45, 2.75) is 0 Å². The van der Waals surface area contributed by atoms with Crippen LogP contribution in [0.3, 0.4) is 0 Å². The number of hydrogen-bond donors (Lipinski definition) is 0. The Hall–Kier alpha value is -1.94. The highest BCUT2D eigenvalue weighted by Crippen LogP contribution is 2.24. The van der Waals surface area contributed by atoms with Crippen molar-refractivity contribution >= 4 is 10.8 Å². The molecule has 0 aliphatic carbocycles. The first-order valence-corrected chi connectivity index (χ1v) is 4.38. The van der Waals surface area contributed by atoms with E-state index in [0.717, 1.165) is 22.1 Å². The molecule has 0 spiro atoms. The summed E-state index contributed by atoms with van der Waals surface area (Å²) in [5.41, 5.74) is 0.797. The average molecular weight is 182 g/mol. The van der Waals surface area contributed by atoms with Gasteiger partial charge in [0.05, 0.1) is 12.7 Å². The van der Waals surface area contributed by atoms with Crippen molar-refractivity contribution in [3.05, 3.63) is 42.0 Å². The molecule has 2 aromatic rings. The van der Waals surface area contributed by atoms with Crippen molar-refractivity contribution in [3.8, 4) is 18.1 Å². The molecular formula is C13H10O. The molecular weight excluding hydrogens is 172 g/mol. The van der Waals surface area contributed by atoms with Crippen LogP contribution >= 0.6 is 0 Å². The van der Waals surface area contributed by atoms with Crippen LogP contribution in [0.15, 0.2) is 36.4 Å². The van der Waals surface area contributed by atoms with Crippen molar-refractivity contribution in [2.75, 3.05) is 7.11 Å². The maximum atomic E-state index is 5.39. The fourth-order valence-corrected chi connectivity index (χ4v) is 1.50. The number of hydrogen-bond acceptors (Lipinski definition) is 1.